The Morgan fingerprint density at radius 2 is 1.05 bits per heavy atom. The summed E-state index contributed by atoms with van der Waals surface area (Å²) >= 11 is 0. The SMILES string of the molecule is C1=NC(n2c3ccccc3c3ccccc32)NC(c2cccc(-c3ccc(-c4ccccc4)cc3)c2)=C1. The van der Waals surface area contributed by atoms with Crippen molar-refractivity contribution in [3.8, 4) is 22.3 Å². The Balaban J connectivity index is 1.21. The number of para-hydroxylation sites is 2. The number of fused-ring (bicyclic) bond motifs is 3. The summed E-state index contributed by atoms with van der Waals surface area (Å²) in [4.78, 5) is 4.82. The van der Waals surface area contributed by atoms with Crippen molar-refractivity contribution in [2.75, 3.05) is 0 Å². The molecule has 7 rings (SSSR count). The van der Waals surface area contributed by atoms with Gasteiger partial charge in [0, 0.05) is 22.7 Å². The van der Waals surface area contributed by atoms with Crippen LogP contribution in [0.15, 0.2) is 138 Å². The standard InChI is InChI=1S/C34H25N3/c1-2-9-24(10-3-1)25-17-19-26(20-18-25)27-11-8-12-28(23-27)31-21-22-35-34(36-31)37-32-15-6-4-13-29(32)30-14-5-7-16-33(30)37/h1-23,34,36H. The van der Waals surface area contributed by atoms with Crippen LogP contribution in [0.2, 0.25) is 0 Å². The first kappa shape index (κ1) is 21.4. The van der Waals surface area contributed by atoms with E-state index < -0.39 is 0 Å². The third-order valence-corrected chi connectivity index (χ3v) is 7.11. The molecule has 3 heteroatoms. The lowest BCUT2D eigenvalue weighted by Gasteiger charge is -2.24. The molecule has 0 amide bonds. The van der Waals surface area contributed by atoms with Crippen LogP contribution in [0.25, 0.3) is 49.8 Å². The highest BCUT2D eigenvalue weighted by atomic mass is 15.3. The molecule has 1 aliphatic heterocycles. The maximum atomic E-state index is 4.82. The van der Waals surface area contributed by atoms with Gasteiger partial charge in [-0.3, -0.25) is 0 Å². The van der Waals surface area contributed by atoms with E-state index >= 15 is 0 Å². The lowest BCUT2D eigenvalue weighted by atomic mass is 9.98. The Bertz CT molecular complexity index is 1740. The van der Waals surface area contributed by atoms with Crippen LogP contribution in [0.5, 0.6) is 0 Å². The smallest absolute Gasteiger partial charge is 0.200 e. The van der Waals surface area contributed by atoms with Gasteiger partial charge in [-0.2, -0.15) is 0 Å². The van der Waals surface area contributed by atoms with E-state index in [2.05, 4.69) is 137 Å². The van der Waals surface area contributed by atoms with Crippen molar-refractivity contribution in [2.45, 2.75) is 6.29 Å². The number of hydrogen-bond donors (Lipinski definition) is 1. The van der Waals surface area contributed by atoms with Crippen molar-refractivity contribution in [3.63, 3.8) is 0 Å². The highest BCUT2D eigenvalue weighted by Gasteiger charge is 2.20. The summed E-state index contributed by atoms with van der Waals surface area (Å²) < 4.78 is 2.29. The second-order valence-corrected chi connectivity index (χ2v) is 9.32. The zero-order valence-electron chi connectivity index (χ0n) is 20.3. The van der Waals surface area contributed by atoms with E-state index in [1.54, 1.807) is 0 Å². The van der Waals surface area contributed by atoms with Crippen molar-refractivity contribution in [1.82, 2.24) is 9.88 Å². The highest BCUT2D eigenvalue weighted by Crippen LogP contribution is 2.33. The maximum Gasteiger partial charge on any atom is 0.200 e. The van der Waals surface area contributed by atoms with Gasteiger partial charge in [-0.25, -0.2) is 4.99 Å². The summed E-state index contributed by atoms with van der Waals surface area (Å²) in [6.07, 6.45) is 3.75. The van der Waals surface area contributed by atoms with E-state index in [1.807, 2.05) is 12.3 Å². The topological polar surface area (TPSA) is 29.3 Å². The minimum Gasteiger partial charge on any atom is -0.346 e. The fourth-order valence-electron chi connectivity index (χ4n) is 5.30. The normalized spacial score (nSPS) is 15.0. The van der Waals surface area contributed by atoms with Gasteiger partial charge in [0.05, 0.1) is 11.0 Å². The fraction of sp³-hybridized carbons (Fsp3) is 0.0294. The molecule has 2 heterocycles. The Kier molecular flexibility index (Phi) is 5.18. The van der Waals surface area contributed by atoms with E-state index in [9.17, 15) is 0 Å². The molecule has 37 heavy (non-hydrogen) atoms. The van der Waals surface area contributed by atoms with Crippen LogP contribution in [0, 0.1) is 0 Å². The van der Waals surface area contributed by atoms with Crippen LogP contribution in [0.4, 0.5) is 0 Å². The number of nitrogens with zero attached hydrogens (tertiary/aromatic N) is 2. The van der Waals surface area contributed by atoms with Crippen molar-refractivity contribution in [3.05, 3.63) is 139 Å². The van der Waals surface area contributed by atoms with Gasteiger partial charge in [-0.05, 0) is 52.1 Å². The van der Waals surface area contributed by atoms with Gasteiger partial charge in [-0.15, -0.1) is 0 Å². The van der Waals surface area contributed by atoms with E-state index in [-0.39, 0.29) is 6.29 Å². The number of allylic oxidation sites excluding steroid dienone is 1. The average Bonchev–Trinajstić information content (AvgIpc) is 3.32. The summed E-state index contributed by atoms with van der Waals surface area (Å²) in [6.45, 7) is 0. The van der Waals surface area contributed by atoms with Crippen LogP contribution < -0.4 is 5.32 Å². The van der Waals surface area contributed by atoms with Gasteiger partial charge in [0.1, 0.15) is 0 Å². The Labute approximate surface area is 216 Å². The lowest BCUT2D eigenvalue weighted by molar-refractivity contribution is 0.510. The van der Waals surface area contributed by atoms with Crippen LogP contribution in [0.1, 0.15) is 11.9 Å². The third-order valence-electron chi connectivity index (χ3n) is 7.11. The molecule has 1 unspecified atom stereocenters. The molecule has 0 bridgehead atoms. The molecule has 6 aromatic rings. The molecule has 176 valence electrons. The highest BCUT2D eigenvalue weighted by molar-refractivity contribution is 6.08. The molecule has 1 aromatic heterocycles. The number of nitrogens with one attached hydrogen (secondary N) is 1. The Morgan fingerprint density at radius 3 is 1.76 bits per heavy atom. The summed E-state index contributed by atoms with van der Waals surface area (Å²) in [7, 11) is 0. The minimum atomic E-state index is -0.224. The number of rotatable bonds is 4. The average molecular weight is 476 g/mol. The van der Waals surface area contributed by atoms with Crippen molar-refractivity contribution in [2.24, 2.45) is 4.99 Å². The molecule has 0 saturated heterocycles. The molecule has 1 N–H and O–H groups in total. The number of hydrogen-bond acceptors (Lipinski definition) is 2. The second kappa shape index (κ2) is 8.96. The summed E-state index contributed by atoms with van der Waals surface area (Å²) in [6, 6.07) is 45.1. The first-order valence-electron chi connectivity index (χ1n) is 12.6. The molecule has 3 nitrogen and oxygen atoms in total. The van der Waals surface area contributed by atoms with Crippen LogP contribution in [-0.4, -0.2) is 10.8 Å². The second-order valence-electron chi connectivity index (χ2n) is 9.32. The van der Waals surface area contributed by atoms with Gasteiger partial charge in [0.25, 0.3) is 0 Å². The van der Waals surface area contributed by atoms with Crippen LogP contribution >= 0.6 is 0 Å². The van der Waals surface area contributed by atoms with E-state index in [0.717, 1.165) is 11.3 Å². The Morgan fingerprint density at radius 1 is 0.514 bits per heavy atom. The number of benzene rings is 5. The number of aromatic nitrogens is 1. The predicted octanol–water partition coefficient (Wildman–Crippen LogP) is 8.30. The Hall–Kier alpha value is -4.89. The van der Waals surface area contributed by atoms with Crippen molar-refractivity contribution >= 4 is 33.7 Å². The summed E-state index contributed by atoms with van der Waals surface area (Å²) in [5.74, 6) is 0. The lowest BCUT2D eigenvalue weighted by Crippen LogP contribution is -2.26. The maximum absolute atomic E-state index is 4.82. The van der Waals surface area contributed by atoms with E-state index in [4.69, 9.17) is 4.99 Å². The summed E-state index contributed by atoms with van der Waals surface area (Å²) in [5.41, 5.74) is 9.39. The van der Waals surface area contributed by atoms with Crippen LogP contribution in [-0.2, 0) is 0 Å². The molecule has 0 aliphatic carbocycles. The largest absolute Gasteiger partial charge is 0.346 e. The minimum absolute atomic E-state index is 0.224. The molecule has 0 fully saturated rings. The molecule has 0 spiro atoms. The zero-order valence-corrected chi connectivity index (χ0v) is 20.3. The monoisotopic (exact) mass is 475 g/mol. The van der Waals surface area contributed by atoms with E-state index in [1.165, 1.54) is 44.1 Å². The van der Waals surface area contributed by atoms with Gasteiger partial charge >= 0.3 is 0 Å². The van der Waals surface area contributed by atoms with Crippen LogP contribution in [0.3, 0.4) is 0 Å². The third kappa shape index (κ3) is 3.82. The van der Waals surface area contributed by atoms with Gasteiger partial charge < -0.3 is 9.88 Å². The molecule has 0 saturated carbocycles. The molecular formula is C34H25N3. The fourth-order valence-corrected chi connectivity index (χ4v) is 5.30. The van der Waals surface area contributed by atoms with Gasteiger partial charge in [0.15, 0.2) is 0 Å². The zero-order chi connectivity index (χ0) is 24.6. The predicted molar refractivity (Wildman–Crippen MR) is 155 cm³/mol. The van der Waals surface area contributed by atoms with Gasteiger partial charge in [-0.1, -0.05) is 109 Å². The van der Waals surface area contributed by atoms with Crippen molar-refractivity contribution < 1.29 is 0 Å². The molecule has 1 atom stereocenters. The number of aliphatic imine (C=N–C) groups is 1. The van der Waals surface area contributed by atoms with Gasteiger partial charge in [0.2, 0.25) is 6.29 Å². The van der Waals surface area contributed by atoms with E-state index in [0.29, 0.717) is 0 Å². The van der Waals surface area contributed by atoms with Crippen molar-refractivity contribution in [1.29, 1.82) is 0 Å². The summed E-state index contributed by atoms with van der Waals surface area (Å²) in [5, 5.41) is 6.18. The molecular weight excluding hydrogens is 450 g/mol. The first-order chi connectivity index (χ1) is 18.3. The molecule has 0 radical (unpaired) electrons. The molecule has 5 aromatic carbocycles. The quantitative estimate of drug-likeness (QED) is 0.273. The molecule has 1 aliphatic rings. The first-order valence-corrected chi connectivity index (χ1v) is 12.6.